The van der Waals surface area contributed by atoms with Crippen molar-refractivity contribution >= 4 is 39.5 Å². The van der Waals surface area contributed by atoms with E-state index in [0.717, 1.165) is 5.56 Å². The van der Waals surface area contributed by atoms with Gasteiger partial charge in [-0.25, -0.2) is 9.59 Å². The third-order valence-corrected chi connectivity index (χ3v) is 2.03. The highest BCUT2D eigenvalue weighted by molar-refractivity contribution is 9.08. The van der Waals surface area contributed by atoms with Gasteiger partial charge in [0, 0.05) is 11.4 Å². The molecule has 0 saturated heterocycles. The van der Waals surface area contributed by atoms with Crippen LogP contribution < -0.4 is 0 Å². The molecule has 0 saturated carbocycles. The molecule has 0 amide bonds. The van der Waals surface area contributed by atoms with Gasteiger partial charge in [0.2, 0.25) is 12.2 Å². The minimum Gasteiger partial charge on any atom is -0.211 e. The lowest BCUT2D eigenvalue weighted by Gasteiger charge is -1.97. The molecule has 69 valence electrons. The summed E-state index contributed by atoms with van der Waals surface area (Å²) in [6, 6.07) is 5.93. The van der Waals surface area contributed by atoms with Crippen LogP contribution in [0.4, 0.5) is 11.4 Å². The Kier molecular flexibility index (Phi) is 3.95. The van der Waals surface area contributed by atoms with E-state index in [1.54, 1.807) is 12.1 Å². The van der Waals surface area contributed by atoms with E-state index in [2.05, 4.69) is 32.0 Å². The molecule has 0 aliphatic carbocycles. The van der Waals surface area contributed by atoms with Gasteiger partial charge in [-0.15, -0.1) is 0 Å². The monoisotopic (exact) mass is 251 g/mol. The number of isocyanates is 2. The second-order valence-corrected chi connectivity index (χ2v) is 2.86. The number of aliphatic imine (C=N–C) groups is 2. The Balaban J connectivity index is 3.25. The van der Waals surface area contributed by atoms with Gasteiger partial charge in [-0.3, -0.25) is 0 Å². The predicted molar refractivity (Wildman–Crippen MR) is 53.5 cm³/mol. The molecular formula is C9H4BrN2O2. The molecule has 0 heterocycles. The quantitative estimate of drug-likeness (QED) is 0.470. The van der Waals surface area contributed by atoms with Gasteiger partial charge in [0.15, 0.2) is 0 Å². The fourth-order valence-corrected chi connectivity index (χ4v) is 1.22. The van der Waals surface area contributed by atoms with Gasteiger partial charge in [-0.2, -0.15) is 9.98 Å². The summed E-state index contributed by atoms with van der Waals surface area (Å²) in [5.74, 6) is 0. The zero-order chi connectivity index (χ0) is 10.4. The Hall–Kier alpha value is -1.54. The number of hydrogen-bond acceptors (Lipinski definition) is 4. The second kappa shape index (κ2) is 5.25. The first-order chi connectivity index (χ1) is 6.80. The summed E-state index contributed by atoms with van der Waals surface area (Å²) in [4.78, 5) is 26.8. The van der Waals surface area contributed by atoms with Crippen LogP contribution in [-0.4, -0.2) is 12.2 Å². The summed E-state index contributed by atoms with van der Waals surface area (Å²) in [6.45, 7) is 0. The third-order valence-electron chi connectivity index (χ3n) is 1.39. The van der Waals surface area contributed by atoms with Crippen LogP contribution in [-0.2, 0) is 14.9 Å². The van der Waals surface area contributed by atoms with E-state index in [-0.39, 0.29) is 0 Å². The summed E-state index contributed by atoms with van der Waals surface area (Å²) < 4.78 is 0. The van der Waals surface area contributed by atoms with E-state index in [1.807, 2.05) is 0 Å². The highest BCUT2D eigenvalue weighted by atomic mass is 79.9. The average Bonchev–Trinajstić information content (AvgIpc) is 2.18. The van der Waals surface area contributed by atoms with Crippen molar-refractivity contribution in [3.63, 3.8) is 0 Å². The van der Waals surface area contributed by atoms with Gasteiger partial charge < -0.3 is 0 Å². The number of benzene rings is 1. The lowest BCUT2D eigenvalue weighted by Crippen LogP contribution is -1.77. The van der Waals surface area contributed by atoms with E-state index in [0.29, 0.717) is 16.7 Å². The molecule has 0 fully saturated rings. The smallest absolute Gasteiger partial charge is 0.211 e. The Morgan fingerprint density at radius 2 is 1.71 bits per heavy atom. The molecule has 1 aromatic carbocycles. The fraction of sp³-hybridized carbons (Fsp3) is 0.111. The number of rotatable bonds is 3. The molecule has 0 N–H and O–H groups in total. The maximum absolute atomic E-state index is 10.0. The first-order valence-electron chi connectivity index (χ1n) is 3.58. The highest BCUT2D eigenvalue weighted by Crippen LogP contribution is 2.23. The van der Waals surface area contributed by atoms with Crippen LogP contribution in [0.2, 0.25) is 0 Å². The van der Waals surface area contributed by atoms with Gasteiger partial charge in [0.05, 0.1) is 11.4 Å². The standard InChI is InChI=1S/C9H4BrN2O2/c10-4-7-1-8(11-5-13)3-9(2-7)12-6-14/h1-2H,4H2. The maximum atomic E-state index is 10.0. The largest absolute Gasteiger partial charge is 0.240 e. The van der Waals surface area contributed by atoms with Crippen LogP contribution >= 0.6 is 15.9 Å². The van der Waals surface area contributed by atoms with Gasteiger partial charge in [-0.1, -0.05) is 15.9 Å². The van der Waals surface area contributed by atoms with Crippen molar-refractivity contribution in [2.75, 3.05) is 0 Å². The van der Waals surface area contributed by atoms with Crippen molar-refractivity contribution in [1.29, 1.82) is 0 Å². The molecule has 0 spiro atoms. The van der Waals surface area contributed by atoms with Crippen molar-refractivity contribution in [2.24, 2.45) is 9.98 Å². The molecule has 0 aromatic heterocycles. The average molecular weight is 252 g/mol. The first-order valence-corrected chi connectivity index (χ1v) is 4.70. The molecule has 0 aliphatic heterocycles. The second-order valence-electron chi connectivity index (χ2n) is 2.30. The number of alkyl halides is 1. The van der Waals surface area contributed by atoms with Crippen molar-refractivity contribution in [3.05, 3.63) is 23.8 Å². The highest BCUT2D eigenvalue weighted by Gasteiger charge is 1.99. The minimum atomic E-state index is 0.297. The zero-order valence-corrected chi connectivity index (χ0v) is 8.54. The van der Waals surface area contributed by atoms with Crippen LogP contribution in [0, 0.1) is 6.07 Å². The van der Waals surface area contributed by atoms with Crippen molar-refractivity contribution < 1.29 is 9.59 Å². The van der Waals surface area contributed by atoms with Gasteiger partial charge in [0.25, 0.3) is 0 Å². The topological polar surface area (TPSA) is 58.9 Å². The molecule has 1 radical (unpaired) electrons. The Bertz CT molecular complexity index is 396. The van der Waals surface area contributed by atoms with Crippen LogP contribution in [0.15, 0.2) is 22.1 Å². The molecule has 0 unspecified atom stereocenters. The van der Waals surface area contributed by atoms with E-state index in [9.17, 15) is 9.59 Å². The van der Waals surface area contributed by atoms with Crippen LogP contribution in [0.3, 0.4) is 0 Å². The SMILES string of the molecule is O=C=Nc1[c]c(N=C=O)cc(CBr)c1. The summed E-state index contributed by atoms with van der Waals surface area (Å²) in [5.41, 5.74) is 1.43. The fourth-order valence-electron chi connectivity index (χ4n) is 0.892. The molecule has 5 heteroatoms. The summed E-state index contributed by atoms with van der Waals surface area (Å²) in [7, 11) is 0. The summed E-state index contributed by atoms with van der Waals surface area (Å²) >= 11 is 3.23. The molecule has 14 heavy (non-hydrogen) atoms. The Morgan fingerprint density at radius 1 is 1.21 bits per heavy atom. The number of halogens is 1. The predicted octanol–water partition coefficient (Wildman–Crippen LogP) is 2.32. The molecular weight excluding hydrogens is 248 g/mol. The Labute approximate surface area is 88.5 Å². The zero-order valence-electron chi connectivity index (χ0n) is 6.95. The minimum absolute atomic E-state index is 0.297. The van der Waals surface area contributed by atoms with Crippen molar-refractivity contribution in [2.45, 2.75) is 5.33 Å². The van der Waals surface area contributed by atoms with Crippen molar-refractivity contribution in [1.82, 2.24) is 0 Å². The first kappa shape index (κ1) is 10.5. The third kappa shape index (κ3) is 2.75. The van der Waals surface area contributed by atoms with Gasteiger partial charge >= 0.3 is 0 Å². The molecule has 0 bridgehead atoms. The Morgan fingerprint density at radius 3 is 2.07 bits per heavy atom. The number of carbonyl (C=O) groups excluding carboxylic acids is 2. The van der Waals surface area contributed by atoms with Crippen molar-refractivity contribution in [3.8, 4) is 0 Å². The summed E-state index contributed by atoms with van der Waals surface area (Å²) in [5, 5.41) is 0.574. The molecule has 0 atom stereocenters. The molecule has 0 aliphatic rings. The number of nitrogens with zero attached hydrogens (tertiary/aromatic N) is 2. The van der Waals surface area contributed by atoms with Crippen LogP contribution in [0.25, 0.3) is 0 Å². The molecule has 1 aromatic rings. The van der Waals surface area contributed by atoms with Gasteiger partial charge in [-0.05, 0) is 17.7 Å². The van der Waals surface area contributed by atoms with Crippen LogP contribution in [0.1, 0.15) is 5.56 Å². The maximum Gasteiger partial charge on any atom is 0.240 e. The summed E-state index contributed by atoms with van der Waals surface area (Å²) in [6.07, 6.45) is 2.79. The van der Waals surface area contributed by atoms with E-state index >= 15 is 0 Å². The van der Waals surface area contributed by atoms with E-state index < -0.39 is 0 Å². The molecule has 1 rings (SSSR count). The lowest BCUT2D eigenvalue weighted by atomic mass is 10.2. The van der Waals surface area contributed by atoms with E-state index in [4.69, 9.17) is 0 Å². The molecule has 4 nitrogen and oxygen atoms in total. The van der Waals surface area contributed by atoms with Gasteiger partial charge in [0.1, 0.15) is 0 Å². The lowest BCUT2D eigenvalue weighted by molar-refractivity contribution is 0.565. The normalized spacial score (nSPS) is 8.64. The van der Waals surface area contributed by atoms with E-state index in [1.165, 1.54) is 12.2 Å². The number of hydrogen-bond donors (Lipinski definition) is 0. The van der Waals surface area contributed by atoms with Crippen LogP contribution in [0.5, 0.6) is 0 Å².